The van der Waals surface area contributed by atoms with Crippen molar-refractivity contribution in [3.63, 3.8) is 0 Å². The molecule has 1 aromatic rings. The van der Waals surface area contributed by atoms with Crippen LogP contribution in [0.15, 0.2) is 23.1 Å². The SMILES string of the molecule is CCC(CC)NS(=O)(=O)c1ccc(C)c(N)c1. The van der Waals surface area contributed by atoms with E-state index in [1.807, 2.05) is 20.8 Å². The summed E-state index contributed by atoms with van der Waals surface area (Å²) in [6.45, 7) is 5.76. The molecule has 0 aliphatic carbocycles. The number of nitrogens with two attached hydrogens (primary N) is 1. The number of hydrogen-bond donors (Lipinski definition) is 2. The quantitative estimate of drug-likeness (QED) is 0.792. The van der Waals surface area contributed by atoms with Crippen LogP contribution in [0.2, 0.25) is 0 Å². The van der Waals surface area contributed by atoms with Crippen LogP contribution in [0.25, 0.3) is 0 Å². The maximum atomic E-state index is 12.1. The van der Waals surface area contributed by atoms with E-state index in [4.69, 9.17) is 5.73 Å². The van der Waals surface area contributed by atoms with Crippen LogP contribution < -0.4 is 10.5 Å². The summed E-state index contributed by atoms with van der Waals surface area (Å²) < 4.78 is 26.8. The van der Waals surface area contributed by atoms with Gasteiger partial charge in [-0.15, -0.1) is 0 Å². The molecule has 3 N–H and O–H groups in total. The molecule has 0 atom stereocenters. The fourth-order valence-electron chi connectivity index (χ4n) is 1.53. The first-order chi connectivity index (χ1) is 7.90. The average Bonchev–Trinajstić information content (AvgIpc) is 2.29. The van der Waals surface area contributed by atoms with Crippen LogP contribution in [-0.2, 0) is 10.0 Å². The van der Waals surface area contributed by atoms with Gasteiger partial charge in [0.1, 0.15) is 0 Å². The maximum absolute atomic E-state index is 12.1. The number of nitrogen functional groups attached to an aromatic ring is 1. The van der Waals surface area contributed by atoms with E-state index in [9.17, 15) is 8.42 Å². The lowest BCUT2D eigenvalue weighted by atomic mass is 10.2. The lowest BCUT2D eigenvalue weighted by molar-refractivity contribution is 0.530. The van der Waals surface area contributed by atoms with Crippen LogP contribution >= 0.6 is 0 Å². The third kappa shape index (κ3) is 3.44. The summed E-state index contributed by atoms with van der Waals surface area (Å²) in [5.41, 5.74) is 7.10. The van der Waals surface area contributed by atoms with Gasteiger partial charge in [-0.25, -0.2) is 13.1 Å². The van der Waals surface area contributed by atoms with E-state index >= 15 is 0 Å². The highest BCUT2D eigenvalue weighted by Gasteiger charge is 2.18. The van der Waals surface area contributed by atoms with E-state index in [1.54, 1.807) is 12.1 Å². The van der Waals surface area contributed by atoms with E-state index in [0.29, 0.717) is 5.69 Å². The minimum atomic E-state index is -3.45. The fourth-order valence-corrected chi connectivity index (χ4v) is 2.97. The van der Waals surface area contributed by atoms with Crippen LogP contribution in [0.4, 0.5) is 5.69 Å². The van der Waals surface area contributed by atoms with E-state index < -0.39 is 10.0 Å². The van der Waals surface area contributed by atoms with Gasteiger partial charge < -0.3 is 5.73 Å². The van der Waals surface area contributed by atoms with Gasteiger partial charge in [0.05, 0.1) is 4.90 Å². The van der Waals surface area contributed by atoms with Crippen LogP contribution in [0.5, 0.6) is 0 Å². The highest BCUT2D eigenvalue weighted by molar-refractivity contribution is 7.89. The molecular formula is C12H20N2O2S. The van der Waals surface area contributed by atoms with E-state index in [1.165, 1.54) is 6.07 Å². The molecule has 0 aromatic heterocycles. The number of nitrogens with one attached hydrogen (secondary N) is 1. The molecule has 0 bridgehead atoms. The molecule has 0 unspecified atom stereocenters. The number of anilines is 1. The molecular weight excluding hydrogens is 236 g/mol. The van der Waals surface area contributed by atoms with Gasteiger partial charge in [0, 0.05) is 11.7 Å². The second-order valence-electron chi connectivity index (χ2n) is 4.15. The van der Waals surface area contributed by atoms with Gasteiger partial charge in [-0.3, -0.25) is 0 Å². The van der Waals surface area contributed by atoms with Crippen molar-refractivity contribution in [3.8, 4) is 0 Å². The van der Waals surface area contributed by atoms with Gasteiger partial charge in [0.15, 0.2) is 0 Å². The van der Waals surface area contributed by atoms with Gasteiger partial charge >= 0.3 is 0 Å². The molecule has 0 aliphatic rings. The summed E-state index contributed by atoms with van der Waals surface area (Å²) in [6, 6.07) is 4.77. The molecule has 96 valence electrons. The highest BCUT2D eigenvalue weighted by atomic mass is 32.2. The van der Waals surface area contributed by atoms with Crippen molar-refractivity contribution >= 4 is 15.7 Å². The molecule has 1 aromatic carbocycles. The first-order valence-electron chi connectivity index (χ1n) is 5.79. The zero-order valence-corrected chi connectivity index (χ0v) is 11.3. The maximum Gasteiger partial charge on any atom is 0.240 e. The summed E-state index contributed by atoms with van der Waals surface area (Å²) >= 11 is 0. The Balaban J connectivity index is 3.01. The van der Waals surface area contributed by atoms with Crippen molar-refractivity contribution in [2.75, 3.05) is 5.73 Å². The zero-order valence-electron chi connectivity index (χ0n) is 10.5. The molecule has 0 saturated carbocycles. The summed E-state index contributed by atoms with van der Waals surface area (Å²) in [4.78, 5) is 0.229. The Bertz CT molecular complexity index is 479. The van der Waals surface area contributed by atoms with Gasteiger partial charge in [-0.2, -0.15) is 0 Å². The molecule has 5 heteroatoms. The Kier molecular flexibility index (Phi) is 4.54. The summed E-state index contributed by atoms with van der Waals surface area (Å²) in [6.07, 6.45) is 1.55. The third-order valence-electron chi connectivity index (χ3n) is 2.87. The van der Waals surface area contributed by atoms with Crippen LogP contribution in [0.3, 0.4) is 0 Å². The standard InChI is InChI=1S/C12H20N2O2S/c1-4-10(5-2)14-17(15,16)11-7-6-9(3)12(13)8-11/h6-8,10,14H,4-5,13H2,1-3H3. The lowest BCUT2D eigenvalue weighted by Gasteiger charge is -2.15. The Morgan fingerprint density at radius 2 is 1.88 bits per heavy atom. The van der Waals surface area contributed by atoms with Crippen molar-refractivity contribution in [1.29, 1.82) is 0 Å². The van der Waals surface area contributed by atoms with Crippen molar-refractivity contribution < 1.29 is 8.42 Å². The monoisotopic (exact) mass is 256 g/mol. The van der Waals surface area contributed by atoms with E-state index in [-0.39, 0.29) is 10.9 Å². The average molecular weight is 256 g/mol. The normalized spacial score (nSPS) is 12.0. The van der Waals surface area contributed by atoms with Crippen LogP contribution in [0.1, 0.15) is 32.3 Å². The van der Waals surface area contributed by atoms with Crippen molar-refractivity contribution in [3.05, 3.63) is 23.8 Å². The van der Waals surface area contributed by atoms with Crippen LogP contribution in [0, 0.1) is 6.92 Å². The lowest BCUT2D eigenvalue weighted by Crippen LogP contribution is -2.33. The molecule has 0 saturated heterocycles. The summed E-state index contributed by atoms with van der Waals surface area (Å²) in [5, 5.41) is 0. The van der Waals surface area contributed by atoms with E-state index in [0.717, 1.165) is 18.4 Å². The minimum Gasteiger partial charge on any atom is -0.398 e. The predicted octanol–water partition coefficient (Wildman–Crippen LogP) is 2.04. The second kappa shape index (κ2) is 5.51. The van der Waals surface area contributed by atoms with Gasteiger partial charge in [-0.05, 0) is 37.5 Å². The van der Waals surface area contributed by atoms with Crippen molar-refractivity contribution in [2.45, 2.75) is 44.6 Å². The first kappa shape index (κ1) is 14.0. The Hall–Kier alpha value is -1.07. The minimum absolute atomic E-state index is 0.0254. The highest BCUT2D eigenvalue weighted by Crippen LogP contribution is 2.17. The number of aryl methyl sites for hydroxylation is 1. The molecule has 0 heterocycles. The van der Waals surface area contributed by atoms with Gasteiger partial charge in [0.2, 0.25) is 10.0 Å². The zero-order chi connectivity index (χ0) is 13.1. The van der Waals surface area contributed by atoms with Crippen LogP contribution in [-0.4, -0.2) is 14.5 Å². The van der Waals surface area contributed by atoms with Crippen molar-refractivity contribution in [1.82, 2.24) is 4.72 Å². The molecule has 17 heavy (non-hydrogen) atoms. The number of sulfonamides is 1. The van der Waals surface area contributed by atoms with Gasteiger partial charge in [0.25, 0.3) is 0 Å². The molecule has 0 aliphatic heterocycles. The third-order valence-corrected chi connectivity index (χ3v) is 4.39. The van der Waals surface area contributed by atoms with E-state index in [2.05, 4.69) is 4.72 Å². The molecule has 1 rings (SSSR count). The molecule has 0 spiro atoms. The Morgan fingerprint density at radius 1 is 1.29 bits per heavy atom. The number of hydrogen-bond acceptors (Lipinski definition) is 3. The fraction of sp³-hybridized carbons (Fsp3) is 0.500. The molecule has 0 fully saturated rings. The number of benzene rings is 1. The molecule has 0 radical (unpaired) electrons. The smallest absolute Gasteiger partial charge is 0.240 e. The molecule has 0 amide bonds. The molecule has 4 nitrogen and oxygen atoms in total. The number of rotatable bonds is 5. The van der Waals surface area contributed by atoms with Gasteiger partial charge in [-0.1, -0.05) is 19.9 Å². The topological polar surface area (TPSA) is 72.2 Å². The summed E-state index contributed by atoms with van der Waals surface area (Å²) in [5.74, 6) is 0. The van der Waals surface area contributed by atoms with Crippen molar-refractivity contribution in [2.24, 2.45) is 0 Å². The first-order valence-corrected chi connectivity index (χ1v) is 7.27. The Labute approximate surface area is 103 Å². The predicted molar refractivity (Wildman–Crippen MR) is 70.3 cm³/mol. The Morgan fingerprint density at radius 3 is 2.35 bits per heavy atom. The second-order valence-corrected chi connectivity index (χ2v) is 5.87. The largest absolute Gasteiger partial charge is 0.398 e. The summed E-state index contributed by atoms with van der Waals surface area (Å²) in [7, 11) is -3.45.